The molecule has 0 saturated heterocycles. The van der Waals surface area contributed by atoms with Crippen LogP contribution < -0.4 is 5.73 Å². The van der Waals surface area contributed by atoms with Crippen LogP contribution in [0.2, 0.25) is 0 Å². The molecule has 1 aliphatic rings. The van der Waals surface area contributed by atoms with E-state index in [4.69, 9.17) is 5.73 Å². The van der Waals surface area contributed by atoms with E-state index in [-0.39, 0.29) is 22.0 Å². The molecule has 0 spiro atoms. The smallest absolute Gasteiger partial charge is 0.157 e. The summed E-state index contributed by atoms with van der Waals surface area (Å²) in [5, 5.41) is -0.648. The highest BCUT2D eigenvalue weighted by Gasteiger charge is 2.46. The largest absolute Gasteiger partial charge is 0.326 e. The molecular weight excluding hydrogens is 198 g/mol. The van der Waals surface area contributed by atoms with Gasteiger partial charge in [0.15, 0.2) is 9.84 Å². The fraction of sp³-hybridized carbons (Fsp3) is 1.00. The van der Waals surface area contributed by atoms with Gasteiger partial charge >= 0.3 is 0 Å². The Balaban J connectivity index is 2.94. The third kappa shape index (κ3) is 1.82. The molecule has 2 unspecified atom stereocenters. The molecule has 1 fully saturated rings. The van der Waals surface area contributed by atoms with Gasteiger partial charge in [0.2, 0.25) is 0 Å². The molecule has 84 valence electrons. The highest BCUT2D eigenvalue weighted by Crippen LogP contribution is 2.40. The molecule has 3 nitrogen and oxygen atoms in total. The molecule has 0 aromatic heterocycles. The van der Waals surface area contributed by atoms with E-state index in [1.165, 1.54) is 0 Å². The maximum Gasteiger partial charge on any atom is 0.157 e. The Hall–Kier alpha value is -0.0900. The Bertz CT molecular complexity index is 306. The van der Waals surface area contributed by atoms with Crippen molar-refractivity contribution in [3.8, 4) is 0 Å². The van der Waals surface area contributed by atoms with E-state index >= 15 is 0 Å². The summed E-state index contributed by atoms with van der Waals surface area (Å²) in [6.07, 6.45) is 1.62. The van der Waals surface area contributed by atoms with Crippen LogP contribution in [0.4, 0.5) is 0 Å². The van der Waals surface area contributed by atoms with Gasteiger partial charge in [0.25, 0.3) is 0 Å². The summed E-state index contributed by atoms with van der Waals surface area (Å²) in [4.78, 5) is 0. The first kappa shape index (κ1) is 12.0. The third-order valence-electron chi connectivity index (χ3n) is 3.46. The number of sulfone groups is 1. The van der Waals surface area contributed by atoms with Gasteiger partial charge in [-0.1, -0.05) is 13.8 Å². The first-order valence-electron chi connectivity index (χ1n) is 5.18. The van der Waals surface area contributed by atoms with Crippen molar-refractivity contribution >= 4 is 9.84 Å². The lowest BCUT2D eigenvalue weighted by molar-refractivity contribution is 0.332. The first-order valence-corrected chi connectivity index (χ1v) is 6.79. The summed E-state index contributed by atoms with van der Waals surface area (Å²) in [6.45, 7) is 7.56. The molecule has 0 aromatic rings. The average Bonchev–Trinajstić information content (AvgIpc) is 2.27. The van der Waals surface area contributed by atoms with Crippen LogP contribution in [0.3, 0.4) is 0 Å². The molecule has 1 saturated carbocycles. The van der Waals surface area contributed by atoms with E-state index in [1.54, 1.807) is 13.8 Å². The second-order valence-electron chi connectivity index (χ2n) is 5.23. The third-order valence-corrected chi connectivity index (χ3v) is 6.14. The zero-order valence-electron chi connectivity index (χ0n) is 9.45. The van der Waals surface area contributed by atoms with Crippen LogP contribution in [0, 0.1) is 5.41 Å². The van der Waals surface area contributed by atoms with E-state index in [2.05, 4.69) is 0 Å². The van der Waals surface area contributed by atoms with Crippen molar-refractivity contribution in [2.45, 2.75) is 57.1 Å². The van der Waals surface area contributed by atoms with E-state index in [1.807, 2.05) is 13.8 Å². The second kappa shape index (κ2) is 3.49. The maximum absolute atomic E-state index is 12.0. The highest BCUT2D eigenvalue weighted by atomic mass is 32.2. The molecule has 4 heteroatoms. The Labute approximate surface area is 87.0 Å². The fourth-order valence-electron chi connectivity index (χ4n) is 2.08. The Morgan fingerprint density at radius 2 is 1.86 bits per heavy atom. The Morgan fingerprint density at radius 1 is 1.36 bits per heavy atom. The van der Waals surface area contributed by atoms with E-state index < -0.39 is 9.84 Å². The Morgan fingerprint density at radius 3 is 2.14 bits per heavy atom. The summed E-state index contributed by atoms with van der Waals surface area (Å²) in [5.74, 6) is 0. The molecule has 1 aliphatic carbocycles. The highest BCUT2D eigenvalue weighted by molar-refractivity contribution is 7.92. The van der Waals surface area contributed by atoms with Gasteiger partial charge in [-0.3, -0.25) is 0 Å². The molecule has 2 atom stereocenters. The van der Waals surface area contributed by atoms with Crippen LogP contribution >= 0.6 is 0 Å². The number of rotatable bonds is 2. The van der Waals surface area contributed by atoms with Crippen LogP contribution in [0.1, 0.15) is 40.5 Å². The van der Waals surface area contributed by atoms with Gasteiger partial charge in [0.05, 0.1) is 10.5 Å². The average molecular weight is 219 g/mol. The minimum Gasteiger partial charge on any atom is -0.326 e. The van der Waals surface area contributed by atoms with Gasteiger partial charge in [-0.25, -0.2) is 8.42 Å². The van der Waals surface area contributed by atoms with Crippen molar-refractivity contribution in [1.29, 1.82) is 0 Å². The first-order chi connectivity index (χ1) is 6.19. The lowest BCUT2D eigenvalue weighted by atomic mass is 9.88. The van der Waals surface area contributed by atoms with Crippen LogP contribution in [-0.4, -0.2) is 25.0 Å². The molecule has 14 heavy (non-hydrogen) atoms. The second-order valence-corrected chi connectivity index (χ2v) is 7.96. The monoisotopic (exact) mass is 219 g/mol. The SMILES string of the molecule is CC(C)S(=O)(=O)C1CCC(C)(C)C1N. The number of hydrogen-bond donors (Lipinski definition) is 1. The van der Waals surface area contributed by atoms with Gasteiger partial charge in [-0.15, -0.1) is 0 Å². The molecule has 0 aromatic carbocycles. The van der Waals surface area contributed by atoms with Crippen molar-refractivity contribution in [3.05, 3.63) is 0 Å². The standard InChI is InChI=1S/C10H21NO2S/c1-7(2)14(12,13)8-5-6-10(3,4)9(8)11/h7-9H,5-6,11H2,1-4H3. The molecule has 0 amide bonds. The molecular formula is C10H21NO2S. The Kier molecular flexibility index (Phi) is 2.99. The van der Waals surface area contributed by atoms with E-state index in [0.29, 0.717) is 6.42 Å². The molecule has 2 N–H and O–H groups in total. The van der Waals surface area contributed by atoms with E-state index in [9.17, 15) is 8.42 Å². The van der Waals surface area contributed by atoms with Gasteiger partial charge in [0.1, 0.15) is 0 Å². The summed E-state index contributed by atoms with van der Waals surface area (Å²) >= 11 is 0. The lowest BCUT2D eigenvalue weighted by Crippen LogP contribution is -2.45. The molecule has 0 aliphatic heterocycles. The van der Waals surface area contributed by atoms with Crippen molar-refractivity contribution in [2.24, 2.45) is 11.1 Å². The van der Waals surface area contributed by atoms with E-state index in [0.717, 1.165) is 6.42 Å². The van der Waals surface area contributed by atoms with Gasteiger partial charge in [0, 0.05) is 6.04 Å². The number of hydrogen-bond acceptors (Lipinski definition) is 3. The van der Waals surface area contributed by atoms with Gasteiger partial charge < -0.3 is 5.73 Å². The van der Waals surface area contributed by atoms with Crippen LogP contribution in [0.25, 0.3) is 0 Å². The molecule has 1 rings (SSSR count). The summed E-state index contributed by atoms with van der Waals surface area (Å²) in [5.41, 5.74) is 5.97. The van der Waals surface area contributed by atoms with Gasteiger partial charge in [-0.05, 0) is 32.1 Å². The quantitative estimate of drug-likeness (QED) is 0.762. The predicted octanol–water partition coefficient (Wildman–Crippen LogP) is 1.33. The normalized spacial score (nSPS) is 32.4. The summed E-state index contributed by atoms with van der Waals surface area (Å²) in [6, 6.07) is -0.213. The summed E-state index contributed by atoms with van der Waals surface area (Å²) in [7, 11) is -3.02. The molecule has 0 radical (unpaired) electrons. The lowest BCUT2D eigenvalue weighted by Gasteiger charge is -2.27. The van der Waals surface area contributed by atoms with Crippen LogP contribution in [0.5, 0.6) is 0 Å². The minimum absolute atomic E-state index is 0.0351. The predicted molar refractivity (Wildman–Crippen MR) is 58.8 cm³/mol. The van der Waals surface area contributed by atoms with Crippen molar-refractivity contribution < 1.29 is 8.42 Å². The van der Waals surface area contributed by atoms with Crippen molar-refractivity contribution in [1.82, 2.24) is 0 Å². The van der Waals surface area contributed by atoms with Crippen molar-refractivity contribution in [2.75, 3.05) is 0 Å². The fourth-order valence-corrected chi connectivity index (χ4v) is 4.00. The van der Waals surface area contributed by atoms with Crippen LogP contribution in [0.15, 0.2) is 0 Å². The van der Waals surface area contributed by atoms with Crippen molar-refractivity contribution in [3.63, 3.8) is 0 Å². The summed E-state index contributed by atoms with van der Waals surface area (Å²) < 4.78 is 23.9. The van der Waals surface area contributed by atoms with Crippen LogP contribution in [-0.2, 0) is 9.84 Å². The minimum atomic E-state index is -3.02. The maximum atomic E-state index is 12.0. The molecule has 0 heterocycles. The zero-order valence-corrected chi connectivity index (χ0v) is 10.3. The zero-order chi connectivity index (χ0) is 11.1. The molecule has 0 bridgehead atoms. The number of nitrogens with two attached hydrogens (primary N) is 1. The van der Waals surface area contributed by atoms with Gasteiger partial charge in [-0.2, -0.15) is 0 Å². The topological polar surface area (TPSA) is 60.2 Å².